The van der Waals surface area contributed by atoms with Crippen LogP contribution < -0.4 is 5.32 Å². The van der Waals surface area contributed by atoms with E-state index >= 15 is 0 Å². The summed E-state index contributed by atoms with van der Waals surface area (Å²) in [6.45, 7) is 9.15. The monoisotopic (exact) mass is 235 g/mol. The van der Waals surface area contributed by atoms with Crippen molar-refractivity contribution in [2.75, 3.05) is 19.8 Å². The molecule has 1 atom stereocenters. The highest BCUT2D eigenvalue weighted by molar-refractivity contribution is 5.28. The Morgan fingerprint density at radius 3 is 2.71 bits per heavy atom. The van der Waals surface area contributed by atoms with Crippen LogP contribution in [-0.2, 0) is 4.74 Å². The minimum absolute atomic E-state index is 0.394. The van der Waals surface area contributed by atoms with Gasteiger partial charge in [-0.1, -0.05) is 37.6 Å². The maximum atomic E-state index is 5.53. The molecule has 0 aromatic heterocycles. The van der Waals surface area contributed by atoms with Crippen molar-refractivity contribution in [2.24, 2.45) is 0 Å². The second kappa shape index (κ2) is 8.26. The summed E-state index contributed by atoms with van der Waals surface area (Å²) < 4.78 is 5.53. The zero-order valence-electron chi connectivity index (χ0n) is 11.3. The quantitative estimate of drug-likeness (QED) is 0.697. The first-order chi connectivity index (χ1) is 8.25. The summed E-state index contributed by atoms with van der Waals surface area (Å²) in [5, 5.41) is 3.49. The van der Waals surface area contributed by atoms with Crippen molar-refractivity contribution >= 4 is 0 Å². The summed E-state index contributed by atoms with van der Waals surface area (Å²) in [4.78, 5) is 0. The third-order valence-corrected chi connectivity index (χ3v) is 2.99. The number of nitrogens with one attached hydrogen (secondary N) is 1. The molecule has 2 nitrogen and oxygen atoms in total. The van der Waals surface area contributed by atoms with E-state index in [1.54, 1.807) is 0 Å². The van der Waals surface area contributed by atoms with Crippen LogP contribution in [0.2, 0.25) is 0 Å². The van der Waals surface area contributed by atoms with Gasteiger partial charge in [0.1, 0.15) is 0 Å². The molecule has 0 heterocycles. The number of benzene rings is 1. The lowest BCUT2D eigenvalue weighted by molar-refractivity contribution is 0.131. The van der Waals surface area contributed by atoms with Crippen LogP contribution in [0, 0.1) is 6.92 Å². The predicted molar refractivity (Wildman–Crippen MR) is 73.3 cm³/mol. The van der Waals surface area contributed by atoms with E-state index in [9.17, 15) is 0 Å². The highest BCUT2D eigenvalue weighted by Gasteiger charge is 2.05. The van der Waals surface area contributed by atoms with Gasteiger partial charge in [0.2, 0.25) is 0 Å². The minimum atomic E-state index is 0.394. The van der Waals surface area contributed by atoms with Gasteiger partial charge in [0, 0.05) is 19.2 Å². The van der Waals surface area contributed by atoms with E-state index < -0.39 is 0 Å². The third-order valence-electron chi connectivity index (χ3n) is 2.99. The molecule has 1 aromatic rings. The summed E-state index contributed by atoms with van der Waals surface area (Å²) in [5.41, 5.74) is 2.72. The lowest BCUT2D eigenvalue weighted by Crippen LogP contribution is -2.24. The van der Waals surface area contributed by atoms with Crippen LogP contribution in [0.4, 0.5) is 0 Å². The van der Waals surface area contributed by atoms with Crippen molar-refractivity contribution in [2.45, 2.75) is 39.7 Å². The summed E-state index contributed by atoms with van der Waals surface area (Å²) in [6.07, 6.45) is 2.36. The standard InChI is InChI=1S/C15H25NO/c1-4-5-11-17-12-10-16-14(3)15-9-7-6-8-13(15)2/h6-9,14,16H,4-5,10-12H2,1-3H3. The van der Waals surface area contributed by atoms with Gasteiger partial charge in [-0.25, -0.2) is 0 Å². The average molecular weight is 235 g/mol. The highest BCUT2D eigenvalue weighted by atomic mass is 16.5. The fourth-order valence-electron chi connectivity index (χ4n) is 1.88. The molecule has 1 unspecified atom stereocenters. The van der Waals surface area contributed by atoms with E-state index in [0.717, 1.165) is 26.2 Å². The topological polar surface area (TPSA) is 21.3 Å². The molecule has 0 bridgehead atoms. The van der Waals surface area contributed by atoms with Crippen LogP contribution in [-0.4, -0.2) is 19.8 Å². The lowest BCUT2D eigenvalue weighted by Gasteiger charge is -2.16. The van der Waals surface area contributed by atoms with Crippen LogP contribution in [0.3, 0.4) is 0 Å². The number of ether oxygens (including phenoxy) is 1. The summed E-state index contributed by atoms with van der Waals surface area (Å²) >= 11 is 0. The first kappa shape index (κ1) is 14.2. The molecule has 96 valence electrons. The second-order valence-corrected chi connectivity index (χ2v) is 4.50. The molecule has 0 aliphatic rings. The van der Waals surface area contributed by atoms with Gasteiger partial charge in [-0.15, -0.1) is 0 Å². The Kier molecular flexibility index (Phi) is 6.90. The fourth-order valence-corrected chi connectivity index (χ4v) is 1.88. The Hall–Kier alpha value is -0.860. The maximum absolute atomic E-state index is 5.53. The van der Waals surface area contributed by atoms with Gasteiger partial charge in [-0.05, 0) is 31.4 Å². The molecule has 1 N–H and O–H groups in total. The van der Waals surface area contributed by atoms with Crippen LogP contribution in [0.5, 0.6) is 0 Å². The molecule has 0 aliphatic heterocycles. The van der Waals surface area contributed by atoms with Gasteiger partial charge in [0.05, 0.1) is 6.61 Å². The van der Waals surface area contributed by atoms with Crippen molar-refractivity contribution in [3.05, 3.63) is 35.4 Å². The number of unbranched alkanes of at least 4 members (excludes halogenated alkanes) is 1. The molecular weight excluding hydrogens is 210 g/mol. The minimum Gasteiger partial charge on any atom is -0.380 e. The van der Waals surface area contributed by atoms with E-state index in [2.05, 4.69) is 50.4 Å². The molecule has 2 heteroatoms. The first-order valence-corrected chi connectivity index (χ1v) is 6.62. The van der Waals surface area contributed by atoms with E-state index in [1.807, 2.05) is 0 Å². The van der Waals surface area contributed by atoms with Crippen LogP contribution >= 0.6 is 0 Å². The van der Waals surface area contributed by atoms with Crippen molar-refractivity contribution in [1.82, 2.24) is 5.32 Å². The van der Waals surface area contributed by atoms with Crippen LogP contribution in [0.1, 0.15) is 43.9 Å². The zero-order valence-corrected chi connectivity index (χ0v) is 11.3. The van der Waals surface area contributed by atoms with Crippen molar-refractivity contribution in [3.63, 3.8) is 0 Å². The Labute approximate surface area is 105 Å². The molecular formula is C15H25NO. The molecule has 0 radical (unpaired) electrons. The van der Waals surface area contributed by atoms with Crippen LogP contribution in [0.15, 0.2) is 24.3 Å². The Morgan fingerprint density at radius 1 is 1.24 bits per heavy atom. The molecule has 0 aliphatic carbocycles. The number of aryl methyl sites for hydroxylation is 1. The van der Waals surface area contributed by atoms with Crippen LogP contribution in [0.25, 0.3) is 0 Å². The van der Waals surface area contributed by atoms with E-state index in [0.29, 0.717) is 6.04 Å². The molecule has 1 aromatic carbocycles. The van der Waals surface area contributed by atoms with Gasteiger partial charge in [-0.2, -0.15) is 0 Å². The average Bonchev–Trinajstić information content (AvgIpc) is 2.34. The summed E-state index contributed by atoms with van der Waals surface area (Å²) in [5.74, 6) is 0. The number of hydrogen-bond donors (Lipinski definition) is 1. The molecule has 1 rings (SSSR count). The largest absolute Gasteiger partial charge is 0.380 e. The molecule has 0 saturated heterocycles. The smallest absolute Gasteiger partial charge is 0.0591 e. The Bertz CT molecular complexity index is 312. The van der Waals surface area contributed by atoms with Gasteiger partial charge in [0.25, 0.3) is 0 Å². The van der Waals surface area contributed by atoms with Gasteiger partial charge in [-0.3, -0.25) is 0 Å². The SMILES string of the molecule is CCCCOCCNC(C)c1ccccc1C. The molecule has 0 fully saturated rings. The molecule has 0 saturated carbocycles. The van der Waals surface area contributed by atoms with Crippen molar-refractivity contribution in [3.8, 4) is 0 Å². The van der Waals surface area contributed by atoms with E-state index in [1.165, 1.54) is 17.5 Å². The first-order valence-electron chi connectivity index (χ1n) is 6.62. The third kappa shape index (κ3) is 5.33. The van der Waals surface area contributed by atoms with Gasteiger partial charge in [0.15, 0.2) is 0 Å². The van der Waals surface area contributed by atoms with Gasteiger partial charge < -0.3 is 10.1 Å². The highest BCUT2D eigenvalue weighted by Crippen LogP contribution is 2.15. The predicted octanol–water partition coefficient (Wildman–Crippen LogP) is 3.46. The summed E-state index contributed by atoms with van der Waals surface area (Å²) in [7, 11) is 0. The normalized spacial score (nSPS) is 12.6. The summed E-state index contributed by atoms with van der Waals surface area (Å²) in [6, 6.07) is 8.92. The molecule has 0 amide bonds. The van der Waals surface area contributed by atoms with Crippen molar-refractivity contribution in [1.29, 1.82) is 0 Å². The number of hydrogen-bond acceptors (Lipinski definition) is 2. The number of rotatable bonds is 8. The Balaban J connectivity index is 2.21. The second-order valence-electron chi connectivity index (χ2n) is 4.50. The zero-order chi connectivity index (χ0) is 12.5. The Morgan fingerprint density at radius 2 is 2.00 bits per heavy atom. The van der Waals surface area contributed by atoms with Gasteiger partial charge >= 0.3 is 0 Å². The fraction of sp³-hybridized carbons (Fsp3) is 0.600. The lowest BCUT2D eigenvalue weighted by atomic mass is 10.0. The van der Waals surface area contributed by atoms with E-state index in [4.69, 9.17) is 4.74 Å². The molecule has 17 heavy (non-hydrogen) atoms. The van der Waals surface area contributed by atoms with E-state index in [-0.39, 0.29) is 0 Å². The molecule has 0 spiro atoms. The maximum Gasteiger partial charge on any atom is 0.0591 e. The van der Waals surface area contributed by atoms with Crippen molar-refractivity contribution < 1.29 is 4.74 Å².